The molecule has 0 aromatic heterocycles. The zero-order valence-electron chi connectivity index (χ0n) is 9.20. The van der Waals surface area contributed by atoms with Crippen molar-refractivity contribution >= 4 is 28.5 Å². The third-order valence-corrected chi connectivity index (χ3v) is 2.51. The summed E-state index contributed by atoms with van der Waals surface area (Å²) in [5.41, 5.74) is 0.836. The molecule has 0 amide bonds. The molecular formula is C12H13BrO3. The lowest BCUT2D eigenvalue weighted by Crippen LogP contribution is -2.07. The lowest BCUT2D eigenvalue weighted by atomic mass is 10.1. The van der Waals surface area contributed by atoms with Gasteiger partial charge in [0.05, 0.1) is 16.6 Å². The summed E-state index contributed by atoms with van der Waals surface area (Å²) in [7, 11) is 0. The van der Waals surface area contributed by atoms with Gasteiger partial charge in [-0.25, -0.2) is 0 Å². The van der Waals surface area contributed by atoms with Gasteiger partial charge < -0.3 is 4.74 Å². The zero-order chi connectivity index (χ0) is 12.1. The summed E-state index contributed by atoms with van der Waals surface area (Å²) in [6, 6.07) is 3.15. The molecule has 0 radical (unpaired) electrons. The normalized spacial score (nSPS) is 10.2. The highest BCUT2D eigenvalue weighted by Crippen LogP contribution is 2.29. The zero-order valence-corrected chi connectivity index (χ0v) is 10.8. The predicted molar refractivity (Wildman–Crippen MR) is 65.3 cm³/mol. The molecule has 0 heterocycles. The van der Waals surface area contributed by atoms with Crippen molar-refractivity contribution < 1.29 is 14.3 Å². The van der Waals surface area contributed by atoms with E-state index in [1.165, 1.54) is 6.07 Å². The third kappa shape index (κ3) is 3.17. The molecule has 16 heavy (non-hydrogen) atoms. The first-order valence-corrected chi connectivity index (χ1v) is 5.74. The van der Waals surface area contributed by atoms with Crippen LogP contribution in [-0.2, 0) is 0 Å². The number of carbonyl (C=O) groups is 2. The van der Waals surface area contributed by atoms with Crippen LogP contribution in [0.25, 0.3) is 0 Å². The van der Waals surface area contributed by atoms with Crippen molar-refractivity contribution in [3.05, 3.63) is 27.7 Å². The summed E-state index contributed by atoms with van der Waals surface area (Å²) >= 11 is 3.29. The molecule has 0 N–H and O–H groups in total. The maximum atomic E-state index is 10.9. The first kappa shape index (κ1) is 12.9. The molecule has 0 aliphatic heterocycles. The molecule has 0 bridgehead atoms. The Kier molecular flexibility index (Phi) is 4.68. The van der Waals surface area contributed by atoms with E-state index in [1.54, 1.807) is 6.07 Å². The van der Waals surface area contributed by atoms with Crippen molar-refractivity contribution in [3.63, 3.8) is 0 Å². The molecule has 0 saturated carbocycles. The monoisotopic (exact) mass is 284 g/mol. The van der Waals surface area contributed by atoms with Crippen molar-refractivity contribution in [2.24, 2.45) is 5.92 Å². The highest BCUT2D eigenvalue weighted by atomic mass is 79.9. The fraction of sp³-hybridized carbons (Fsp3) is 0.333. The van der Waals surface area contributed by atoms with Gasteiger partial charge in [-0.3, -0.25) is 9.59 Å². The van der Waals surface area contributed by atoms with Gasteiger partial charge in [0.2, 0.25) is 0 Å². The largest absolute Gasteiger partial charge is 0.491 e. The minimum absolute atomic E-state index is 0.372. The van der Waals surface area contributed by atoms with Crippen LogP contribution in [0.1, 0.15) is 34.6 Å². The first-order valence-electron chi connectivity index (χ1n) is 4.95. The van der Waals surface area contributed by atoms with Gasteiger partial charge in [-0.15, -0.1) is 0 Å². The molecule has 0 atom stereocenters. The van der Waals surface area contributed by atoms with Gasteiger partial charge in [-0.2, -0.15) is 0 Å². The molecule has 86 valence electrons. The Hall–Kier alpha value is -1.16. The van der Waals surface area contributed by atoms with Crippen LogP contribution in [0.5, 0.6) is 5.75 Å². The van der Waals surface area contributed by atoms with Crippen molar-refractivity contribution in [2.45, 2.75) is 13.8 Å². The van der Waals surface area contributed by atoms with Gasteiger partial charge in [-0.1, -0.05) is 13.8 Å². The summed E-state index contributed by atoms with van der Waals surface area (Å²) in [6.45, 7) is 4.57. The van der Waals surface area contributed by atoms with E-state index in [-0.39, 0.29) is 0 Å². The minimum Gasteiger partial charge on any atom is -0.491 e. The standard InChI is InChI=1S/C12H13BrO3/c1-8(2)7-16-12-10(6-15)3-9(5-14)4-11(12)13/h3-6,8H,7H2,1-2H3. The molecule has 1 rings (SSSR count). The molecule has 1 aromatic rings. The number of rotatable bonds is 5. The Morgan fingerprint density at radius 1 is 1.31 bits per heavy atom. The van der Waals surface area contributed by atoms with Gasteiger partial charge in [-0.05, 0) is 34.0 Å². The van der Waals surface area contributed by atoms with Crippen molar-refractivity contribution in [2.75, 3.05) is 6.61 Å². The van der Waals surface area contributed by atoms with Crippen molar-refractivity contribution in [1.29, 1.82) is 0 Å². The predicted octanol–water partition coefficient (Wildman–Crippen LogP) is 3.11. The molecule has 0 spiro atoms. The topological polar surface area (TPSA) is 43.4 Å². The van der Waals surface area contributed by atoms with E-state index >= 15 is 0 Å². The van der Waals surface area contributed by atoms with Gasteiger partial charge >= 0.3 is 0 Å². The Balaban J connectivity index is 3.06. The summed E-state index contributed by atoms with van der Waals surface area (Å²) in [4.78, 5) is 21.5. The minimum atomic E-state index is 0.372. The van der Waals surface area contributed by atoms with E-state index < -0.39 is 0 Å². The van der Waals surface area contributed by atoms with Crippen LogP contribution in [0.2, 0.25) is 0 Å². The summed E-state index contributed by atoms with van der Waals surface area (Å²) in [5.74, 6) is 0.867. The number of hydrogen-bond donors (Lipinski definition) is 0. The summed E-state index contributed by atoms with van der Waals surface area (Å²) in [6.07, 6.45) is 1.39. The molecule has 0 unspecified atom stereocenters. The van der Waals surface area contributed by atoms with Crippen LogP contribution in [0.15, 0.2) is 16.6 Å². The van der Waals surface area contributed by atoms with Crippen LogP contribution in [-0.4, -0.2) is 19.2 Å². The maximum absolute atomic E-state index is 10.9. The number of aldehydes is 2. The highest BCUT2D eigenvalue weighted by Gasteiger charge is 2.10. The molecule has 0 aliphatic carbocycles. The lowest BCUT2D eigenvalue weighted by molar-refractivity contribution is 0.111. The van der Waals surface area contributed by atoms with E-state index in [0.717, 1.165) is 0 Å². The highest BCUT2D eigenvalue weighted by molar-refractivity contribution is 9.10. The number of hydrogen-bond acceptors (Lipinski definition) is 3. The second-order valence-corrected chi connectivity index (χ2v) is 4.72. The molecule has 1 aromatic carbocycles. The molecule has 0 aliphatic rings. The van der Waals surface area contributed by atoms with Crippen LogP contribution in [0.3, 0.4) is 0 Å². The second kappa shape index (κ2) is 5.80. The molecule has 4 heteroatoms. The summed E-state index contributed by atoms with van der Waals surface area (Å²) < 4.78 is 6.15. The fourth-order valence-electron chi connectivity index (χ4n) is 1.19. The van der Waals surface area contributed by atoms with E-state index in [4.69, 9.17) is 4.74 Å². The summed E-state index contributed by atoms with van der Waals surface area (Å²) in [5, 5.41) is 0. The number of carbonyl (C=O) groups excluding carboxylic acids is 2. The molecule has 3 nitrogen and oxygen atoms in total. The van der Waals surface area contributed by atoms with E-state index in [0.29, 0.717) is 46.4 Å². The quantitative estimate of drug-likeness (QED) is 0.781. The Bertz CT molecular complexity index is 399. The number of halogens is 1. The van der Waals surface area contributed by atoms with Gasteiger partial charge in [0.25, 0.3) is 0 Å². The SMILES string of the molecule is CC(C)COc1c(Br)cc(C=O)cc1C=O. The van der Waals surface area contributed by atoms with Crippen molar-refractivity contribution in [3.8, 4) is 5.75 Å². The van der Waals surface area contributed by atoms with Gasteiger partial charge in [0.15, 0.2) is 6.29 Å². The average molecular weight is 285 g/mol. The molecule has 0 fully saturated rings. The van der Waals surface area contributed by atoms with E-state index in [1.807, 2.05) is 13.8 Å². The first-order chi connectivity index (χ1) is 7.58. The average Bonchev–Trinajstić information content (AvgIpc) is 2.26. The molecular weight excluding hydrogens is 272 g/mol. The van der Waals surface area contributed by atoms with E-state index in [9.17, 15) is 9.59 Å². The molecule has 0 saturated heterocycles. The Labute approximate surface area is 103 Å². The maximum Gasteiger partial charge on any atom is 0.153 e. The fourth-order valence-corrected chi connectivity index (χ4v) is 1.80. The Morgan fingerprint density at radius 2 is 2.00 bits per heavy atom. The second-order valence-electron chi connectivity index (χ2n) is 3.86. The lowest BCUT2D eigenvalue weighted by Gasteiger charge is -2.12. The van der Waals surface area contributed by atoms with E-state index in [2.05, 4.69) is 15.9 Å². The number of benzene rings is 1. The van der Waals surface area contributed by atoms with Crippen LogP contribution in [0.4, 0.5) is 0 Å². The number of ether oxygens (including phenoxy) is 1. The van der Waals surface area contributed by atoms with Crippen LogP contribution >= 0.6 is 15.9 Å². The smallest absolute Gasteiger partial charge is 0.153 e. The Morgan fingerprint density at radius 3 is 2.50 bits per heavy atom. The third-order valence-electron chi connectivity index (χ3n) is 1.92. The van der Waals surface area contributed by atoms with Crippen LogP contribution in [0, 0.1) is 5.92 Å². The van der Waals surface area contributed by atoms with Gasteiger partial charge in [0.1, 0.15) is 12.0 Å². The van der Waals surface area contributed by atoms with Crippen LogP contribution < -0.4 is 4.74 Å². The van der Waals surface area contributed by atoms with Crippen molar-refractivity contribution in [1.82, 2.24) is 0 Å². The van der Waals surface area contributed by atoms with Gasteiger partial charge in [0, 0.05) is 5.56 Å².